The Morgan fingerprint density at radius 2 is 2.00 bits per heavy atom. The van der Waals surface area contributed by atoms with Crippen LogP contribution in [0.4, 0.5) is 0 Å². The number of hydrogen-bond donors (Lipinski definition) is 1. The van der Waals surface area contributed by atoms with Gasteiger partial charge in [0, 0.05) is 25.7 Å². The first-order valence-electron chi connectivity index (χ1n) is 8.14. The van der Waals surface area contributed by atoms with E-state index < -0.39 is 0 Å². The van der Waals surface area contributed by atoms with E-state index in [4.69, 9.17) is 15.2 Å². The second-order valence-corrected chi connectivity index (χ2v) is 5.99. The van der Waals surface area contributed by atoms with Gasteiger partial charge in [-0.3, -0.25) is 4.90 Å². The number of nitrogens with zero attached hydrogens (tertiary/aromatic N) is 1. The van der Waals surface area contributed by atoms with Crippen LogP contribution in [0, 0.1) is 0 Å². The molecule has 1 aliphatic carbocycles. The third-order valence-corrected chi connectivity index (χ3v) is 4.65. The van der Waals surface area contributed by atoms with Crippen LogP contribution in [0.15, 0.2) is 24.3 Å². The second-order valence-electron chi connectivity index (χ2n) is 5.99. The summed E-state index contributed by atoms with van der Waals surface area (Å²) in [5.41, 5.74) is 6.74. The summed E-state index contributed by atoms with van der Waals surface area (Å²) >= 11 is 0. The zero-order valence-electron chi connectivity index (χ0n) is 12.7. The van der Waals surface area contributed by atoms with Gasteiger partial charge in [-0.25, -0.2) is 0 Å². The van der Waals surface area contributed by atoms with E-state index in [1.807, 2.05) is 24.3 Å². The Labute approximate surface area is 127 Å². The number of benzene rings is 1. The van der Waals surface area contributed by atoms with Crippen LogP contribution in [0.5, 0.6) is 5.75 Å². The number of fused-ring (bicyclic) bond motifs is 1. The largest absolute Gasteiger partial charge is 0.492 e. The molecule has 4 heteroatoms. The van der Waals surface area contributed by atoms with Crippen LogP contribution in [0.25, 0.3) is 0 Å². The molecular formula is C17H26N2O2. The Kier molecular flexibility index (Phi) is 5.12. The number of ether oxygens (including phenoxy) is 2. The summed E-state index contributed by atoms with van der Waals surface area (Å²) in [6.45, 7) is 4.22. The lowest BCUT2D eigenvalue weighted by atomic mass is 9.90. The molecule has 2 aliphatic rings. The van der Waals surface area contributed by atoms with Crippen LogP contribution < -0.4 is 10.5 Å². The first kappa shape index (κ1) is 14.8. The Morgan fingerprint density at radius 1 is 1.19 bits per heavy atom. The minimum absolute atomic E-state index is 0.455. The van der Waals surface area contributed by atoms with Gasteiger partial charge in [-0.2, -0.15) is 0 Å². The molecule has 4 nitrogen and oxygen atoms in total. The van der Waals surface area contributed by atoms with E-state index in [2.05, 4.69) is 4.90 Å². The second kappa shape index (κ2) is 7.25. The monoisotopic (exact) mass is 290 g/mol. The maximum Gasteiger partial charge on any atom is 0.119 e. The van der Waals surface area contributed by atoms with Gasteiger partial charge in [-0.15, -0.1) is 0 Å². The Bertz CT molecular complexity index is 433. The van der Waals surface area contributed by atoms with Gasteiger partial charge in [-0.1, -0.05) is 25.0 Å². The van der Waals surface area contributed by atoms with Crippen molar-refractivity contribution in [3.8, 4) is 5.75 Å². The van der Waals surface area contributed by atoms with Crippen LogP contribution >= 0.6 is 0 Å². The van der Waals surface area contributed by atoms with Gasteiger partial charge in [0.2, 0.25) is 0 Å². The van der Waals surface area contributed by atoms with Crippen molar-refractivity contribution in [3.05, 3.63) is 29.8 Å². The Balaban J connectivity index is 1.47. The number of rotatable bonds is 5. The molecule has 2 fully saturated rings. The molecule has 1 saturated heterocycles. The topological polar surface area (TPSA) is 47.7 Å². The Hall–Kier alpha value is -1.10. The summed E-state index contributed by atoms with van der Waals surface area (Å²) in [5.74, 6) is 0.931. The minimum atomic E-state index is 0.455. The zero-order chi connectivity index (χ0) is 14.5. The molecule has 2 unspecified atom stereocenters. The molecule has 2 N–H and O–H groups in total. The van der Waals surface area contributed by atoms with Crippen molar-refractivity contribution in [2.24, 2.45) is 5.73 Å². The van der Waals surface area contributed by atoms with Crippen molar-refractivity contribution >= 4 is 0 Å². The first-order chi connectivity index (χ1) is 10.4. The number of nitrogens with two attached hydrogens (primary N) is 1. The highest BCUT2D eigenvalue weighted by Gasteiger charge is 2.33. The summed E-state index contributed by atoms with van der Waals surface area (Å²) < 4.78 is 11.8. The smallest absolute Gasteiger partial charge is 0.119 e. The zero-order valence-corrected chi connectivity index (χ0v) is 12.7. The standard InChI is InChI=1S/C17H26N2O2/c18-13-14-5-7-15(8-6-14)20-11-9-19-10-12-21-17-4-2-1-3-16(17)19/h5-8,16-17H,1-4,9-13,18H2. The summed E-state index contributed by atoms with van der Waals surface area (Å²) in [7, 11) is 0. The minimum Gasteiger partial charge on any atom is -0.492 e. The molecule has 21 heavy (non-hydrogen) atoms. The Morgan fingerprint density at radius 3 is 2.81 bits per heavy atom. The van der Waals surface area contributed by atoms with Crippen LogP contribution in [-0.2, 0) is 11.3 Å². The van der Waals surface area contributed by atoms with E-state index in [1.165, 1.54) is 25.7 Å². The predicted octanol–water partition coefficient (Wildman–Crippen LogP) is 2.17. The van der Waals surface area contributed by atoms with Gasteiger partial charge in [0.25, 0.3) is 0 Å². The van der Waals surface area contributed by atoms with Gasteiger partial charge < -0.3 is 15.2 Å². The molecule has 1 aromatic rings. The summed E-state index contributed by atoms with van der Waals surface area (Å²) in [5, 5.41) is 0. The highest BCUT2D eigenvalue weighted by atomic mass is 16.5. The molecule has 0 spiro atoms. The molecule has 3 rings (SSSR count). The average molecular weight is 290 g/mol. The first-order valence-corrected chi connectivity index (χ1v) is 8.14. The molecule has 0 bridgehead atoms. The molecule has 1 aliphatic heterocycles. The van der Waals surface area contributed by atoms with Crippen molar-refractivity contribution in [2.75, 3.05) is 26.3 Å². The number of hydrogen-bond acceptors (Lipinski definition) is 4. The van der Waals surface area contributed by atoms with Crippen molar-refractivity contribution in [2.45, 2.75) is 44.4 Å². The lowest BCUT2D eigenvalue weighted by molar-refractivity contribution is -0.0901. The van der Waals surface area contributed by atoms with E-state index in [0.29, 0.717) is 18.7 Å². The summed E-state index contributed by atoms with van der Waals surface area (Å²) in [6, 6.07) is 8.67. The fourth-order valence-corrected chi connectivity index (χ4v) is 3.46. The highest BCUT2D eigenvalue weighted by Crippen LogP contribution is 2.28. The fraction of sp³-hybridized carbons (Fsp3) is 0.647. The van der Waals surface area contributed by atoms with Crippen LogP contribution in [-0.4, -0.2) is 43.3 Å². The quantitative estimate of drug-likeness (QED) is 0.903. The lowest BCUT2D eigenvalue weighted by Gasteiger charge is -2.43. The van der Waals surface area contributed by atoms with Crippen molar-refractivity contribution in [3.63, 3.8) is 0 Å². The van der Waals surface area contributed by atoms with Crippen LogP contribution in [0.3, 0.4) is 0 Å². The molecule has 116 valence electrons. The van der Waals surface area contributed by atoms with Crippen molar-refractivity contribution in [1.82, 2.24) is 4.90 Å². The third-order valence-electron chi connectivity index (χ3n) is 4.65. The molecule has 0 radical (unpaired) electrons. The number of morpholine rings is 1. The molecule has 2 atom stereocenters. The van der Waals surface area contributed by atoms with E-state index in [-0.39, 0.29) is 0 Å². The average Bonchev–Trinajstić information content (AvgIpc) is 2.56. The maximum absolute atomic E-state index is 5.91. The fourth-order valence-electron chi connectivity index (χ4n) is 3.46. The molecule has 0 aromatic heterocycles. The molecule has 1 heterocycles. The summed E-state index contributed by atoms with van der Waals surface area (Å²) in [6.07, 6.45) is 5.61. The van der Waals surface area contributed by atoms with Gasteiger partial charge in [0.15, 0.2) is 0 Å². The van der Waals surface area contributed by atoms with Gasteiger partial charge in [-0.05, 0) is 30.5 Å². The normalized spacial score (nSPS) is 26.3. The van der Waals surface area contributed by atoms with E-state index in [9.17, 15) is 0 Å². The molecule has 0 amide bonds. The maximum atomic E-state index is 5.91. The molecular weight excluding hydrogens is 264 g/mol. The SMILES string of the molecule is NCc1ccc(OCCN2CCOC3CCCCC32)cc1. The van der Waals surface area contributed by atoms with Crippen molar-refractivity contribution < 1.29 is 9.47 Å². The lowest BCUT2D eigenvalue weighted by Crippen LogP contribution is -2.53. The van der Waals surface area contributed by atoms with Crippen LogP contribution in [0.2, 0.25) is 0 Å². The van der Waals surface area contributed by atoms with Gasteiger partial charge >= 0.3 is 0 Å². The van der Waals surface area contributed by atoms with Crippen LogP contribution in [0.1, 0.15) is 31.2 Å². The predicted molar refractivity (Wildman–Crippen MR) is 83.4 cm³/mol. The third kappa shape index (κ3) is 3.76. The van der Waals surface area contributed by atoms with Crippen molar-refractivity contribution in [1.29, 1.82) is 0 Å². The molecule has 1 saturated carbocycles. The summed E-state index contributed by atoms with van der Waals surface area (Å²) in [4.78, 5) is 2.56. The van der Waals surface area contributed by atoms with E-state index in [1.54, 1.807) is 0 Å². The van der Waals surface area contributed by atoms with E-state index >= 15 is 0 Å². The van der Waals surface area contributed by atoms with E-state index in [0.717, 1.165) is 37.6 Å². The van der Waals surface area contributed by atoms with Gasteiger partial charge in [0.05, 0.1) is 12.7 Å². The molecule has 1 aromatic carbocycles. The highest BCUT2D eigenvalue weighted by molar-refractivity contribution is 5.27. The van der Waals surface area contributed by atoms with Gasteiger partial charge in [0.1, 0.15) is 12.4 Å².